The molecule has 0 aliphatic rings. The van der Waals surface area contributed by atoms with Crippen molar-refractivity contribution < 1.29 is 0 Å². The van der Waals surface area contributed by atoms with E-state index in [2.05, 4.69) is 21.0 Å². The first-order valence-corrected chi connectivity index (χ1v) is 6.44. The van der Waals surface area contributed by atoms with E-state index in [0.717, 1.165) is 0 Å². The summed E-state index contributed by atoms with van der Waals surface area (Å²) in [5.41, 5.74) is 6.63. The summed E-state index contributed by atoms with van der Waals surface area (Å²) < 4.78 is 0. The summed E-state index contributed by atoms with van der Waals surface area (Å²) >= 11 is 6.09. The minimum Gasteiger partial charge on any atom is -0.368 e. The van der Waals surface area contributed by atoms with E-state index in [-0.39, 0.29) is 17.3 Å². The predicted octanol–water partition coefficient (Wildman–Crippen LogP) is 2.24. The van der Waals surface area contributed by atoms with Crippen LogP contribution < -0.4 is 10.6 Å². The number of nitrogens with zero attached hydrogens (tertiary/aromatic N) is 5. The highest BCUT2D eigenvalue weighted by Gasteiger charge is 2.11. The van der Waals surface area contributed by atoms with Crippen LogP contribution in [-0.4, -0.2) is 29.0 Å². The lowest BCUT2D eigenvalue weighted by molar-refractivity contribution is 0.952. The molecule has 0 aliphatic heterocycles. The Kier molecular flexibility index (Phi) is 4.36. The first kappa shape index (κ1) is 14.8. The van der Waals surface area contributed by atoms with Gasteiger partial charge in [0.15, 0.2) is 5.82 Å². The Bertz CT molecular complexity index is 732. The van der Waals surface area contributed by atoms with Crippen molar-refractivity contribution in [1.82, 2.24) is 15.0 Å². The third-order valence-electron chi connectivity index (χ3n) is 2.61. The predicted molar refractivity (Wildman–Crippen MR) is 83.5 cm³/mol. The summed E-state index contributed by atoms with van der Waals surface area (Å²) in [6, 6.07) is 9.26. The summed E-state index contributed by atoms with van der Waals surface area (Å²) in [5.74, 6) is 0.662. The number of aromatic nitrogens is 3. The standard InChI is InChI=1S/C14H13ClN6/c1-21(2)14-19-12(18-13(17)20-14)10(8-16)7-9-5-3-4-6-11(9)15/h3-7H,1-2H3,(H2,17,18,19,20)/b10-7-. The normalized spacial score (nSPS) is 11.0. The summed E-state index contributed by atoms with van der Waals surface area (Å²) in [5, 5.41) is 9.88. The molecule has 0 atom stereocenters. The highest BCUT2D eigenvalue weighted by atomic mass is 35.5. The van der Waals surface area contributed by atoms with E-state index in [1.807, 2.05) is 12.1 Å². The summed E-state index contributed by atoms with van der Waals surface area (Å²) in [6.07, 6.45) is 1.62. The number of nitrogen functional groups attached to an aromatic ring is 1. The van der Waals surface area contributed by atoms with Crippen LogP contribution in [0.2, 0.25) is 5.02 Å². The van der Waals surface area contributed by atoms with Gasteiger partial charge in [0, 0.05) is 19.1 Å². The Balaban J connectivity index is 2.53. The molecule has 0 amide bonds. The Hall–Kier alpha value is -2.65. The molecule has 0 bridgehead atoms. The molecular weight excluding hydrogens is 288 g/mol. The monoisotopic (exact) mass is 300 g/mol. The molecule has 1 aromatic heterocycles. The first-order valence-electron chi connectivity index (χ1n) is 6.07. The van der Waals surface area contributed by atoms with Gasteiger partial charge >= 0.3 is 0 Å². The molecule has 0 saturated heterocycles. The Morgan fingerprint density at radius 1 is 1.29 bits per heavy atom. The lowest BCUT2D eigenvalue weighted by atomic mass is 10.1. The Morgan fingerprint density at radius 3 is 2.62 bits per heavy atom. The maximum Gasteiger partial charge on any atom is 0.230 e. The smallest absolute Gasteiger partial charge is 0.230 e. The molecule has 2 aromatic rings. The topological polar surface area (TPSA) is 91.7 Å². The van der Waals surface area contributed by atoms with Crippen LogP contribution in [0.3, 0.4) is 0 Å². The van der Waals surface area contributed by atoms with Gasteiger partial charge in [-0.15, -0.1) is 0 Å². The van der Waals surface area contributed by atoms with Crippen molar-refractivity contribution in [1.29, 1.82) is 5.26 Å². The van der Waals surface area contributed by atoms with Crippen molar-refractivity contribution in [3.05, 3.63) is 40.7 Å². The number of benzene rings is 1. The van der Waals surface area contributed by atoms with E-state index in [0.29, 0.717) is 16.5 Å². The van der Waals surface area contributed by atoms with Crippen LogP contribution >= 0.6 is 11.6 Å². The molecule has 0 saturated carbocycles. The fourth-order valence-electron chi connectivity index (χ4n) is 1.60. The van der Waals surface area contributed by atoms with Crippen LogP contribution in [0.5, 0.6) is 0 Å². The van der Waals surface area contributed by atoms with Gasteiger partial charge in [-0.05, 0) is 17.7 Å². The maximum absolute atomic E-state index is 9.34. The Labute approximate surface area is 127 Å². The molecule has 7 heteroatoms. The van der Waals surface area contributed by atoms with Crippen LogP contribution in [0.25, 0.3) is 11.6 Å². The number of hydrogen-bond acceptors (Lipinski definition) is 6. The van der Waals surface area contributed by atoms with Gasteiger partial charge in [-0.25, -0.2) is 0 Å². The van der Waals surface area contributed by atoms with Crippen molar-refractivity contribution in [2.24, 2.45) is 0 Å². The van der Waals surface area contributed by atoms with Crippen LogP contribution in [0.1, 0.15) is 11.4 Å². The van der Waals surface area contributed by atoms with Crippen molar-refractivity contribution in [2.75, 3.05) is 24.7 Å². The van der Waals surface area contributed by atoms with Crippen molar-refractivity contribution in [3.8, 4) is 6.07 Å². The molecule has 2 N–H and O–H groups in total. The lowest BCUT2D eigenvalue weighted by Gasteiger charge is -2.11. The van der Waals surface area contributed by atoms with E-state index in [1.165, 1.54) is 0 Å². The van der Waals surface area contributed by atoms with E-state index < -0.39 is 0 Å². The van der Waals surface area contributed by atoms with Crippen molar-refractivity contribution in [2.45, 2.75) is 0 Å². The SMILES string of the molecule is CN(C)c1nc(N)nc(/C(C#N)=C\c2ccccc2Cl)n1. The van der Waals surface area contributed by atoms with Gasteiger partial charge < -0.3 is 10.6 Å². The van der Waals surface area contributed by atoms with Crippen LogP contribution in [0.15, 0.2) is 24.3 Å². The van der Waals surface area contributed by atoms with E-state index >= 15 is 0 Å². The minimum atomic E-state index is 0.0593. The van der Waals surface area contributed by atoms with Gasteiger partial charge in [-0.2, -0.15) is 20.2 Å². The maximum atomic E-state index is 9.34. The van der Waals surface area contributed by atoms with E-state index in [1.54, 1.807) is 37.2 Å². The van der Waals surface area contributed by atoms with E-state index in [4.69, 9.17) is 17.3 Å². The Morgan fingerprint density at radius 2 is 2.00 bits per heavy atom. The molecule has 0 fully saturated rings. The third kappa shape index (κ3) is 3.46. The van der Waals surface area contributed by atoms with Crippen molar-refractivity contribution >= 4 is 35.1 Å². The molecule has 0 aliphatic carbocycles. The second kappa shape index (κ2) is 6.20. The van der Waals surface area contributed by atoms with E-state index in [9.17, 15) is 5.26 Å². The molecule has 0 radical (unpaired) electrons. The van der Waals surface area contributed by atoms with Gasteiger partial charge in [-0.1, -0.05) is 29.8 Å². The molecule has 0 spiro atoms. The largest absolute Gasteiger partial charge is 0.368 e. The summed E-state index contributed by atoms with van der Waals surface area (Å²) in [7, 11) is 3.56. The molecule has 0 unspecified atom stereocenters. The zero-order chi connectivity index (χ0) is 15.4. The van der Waals surface area contributed by atoms with Crippen LogP contribution in [0, 0.1) is 11.3 Å². The third-order valence-corrected chi connectivity index (χ3v) is 2.95. The van der Waals surface area contributed by atoms with Gasteiger partial charge in [0.2, 0.25) is 11.9 Å². The fraction of sp³-hybridized carbons (Fsp3) is 0.143. The summed E-state index contributed by atoms with van der Waals surface area (Å²) in [6.45, 7) is 0. The number of nitriles is 1. The molecule has 106 valence electrons. The second-order valence-corrected chi connectivity index (χ2v) is 4.81. The molecule has 1 heterocycles. The first-order chi connectivity index (χ1) is 10.0. The zero-order valence-corrected chi connectivity index (χ0v) is 12.3. The number of allylic oxidation sites excluding steroid dienone is 1. The number of halogens is 1. The fourth-order valence-corrected chi connectivity index (χ4v) is 1.79. The van der Waals surface area contributed by atoms with Gasteiger partial charge in [0.1, 0.15) is 6.07 Å². The quantitative estimate of drug-likeness (QED) is 0.874. The van der Waals surface area contributed by atoms with Gasteiger partial charge in [0.25, 0.3) is 0 Å². The molecule has 2 rings (SSSR count). The number of rotatable bonds is 3. The average molecular weight is 301 g/mol. The zero-order valence-electron chi connectivity index (χ0n) is 11.6. The molecule has 21 heavy (non-hydrogen) atoms. The molecule has 6 nitrogen and oxygen atoms in total. The minimum absolute atomic E-state index is 0.0593. The number of hydrogen-bond donors (Lipinski definition) is 1. The summed E-state index contributed by atoms with van der Waals surface area (Å²) in [4.78, 5) is 13.9. The lowest BCUT2D eigenvalue weighted by Crippen LogP contribution is -2.15. The number of nitrogens with two attached hydrogens (primary N) is 1. The second-order valence-electron chi connectivity index (χ2n) is 4.40. The van der Waals surface area contributed by atoms with Gasteiger partial charge in [-0.3, -0.25) is 0 Å². The molecular formula is C14H13ClN6. The van der Waals surface area contributed by atoms with Crippen LogP contribution in [0.4, 0.5) is 11.9 Å². The number of anilines is 2. The highest BCUT2D eigenvalue weighted by Crippen LogP contribution is 2.22. The van der Waals surface area contributed by atoms with Gasteiger partial charge in [0.05, 0.1) is 5.57 Å². The van der Waals surface area contributed by atoms with Crippen LogP contribution in [-0.2, 0) is 0 Å². The average Bonchev–Trinajstić information content (AvgIpc) is 2.45. The molecule has 1 aromatic carbocycles. The van der Waals surface area contributed by atoms with Crippen molar-refractivity contribution in [3.63, 3.8) is 0 Å². The highest BCUT2D eigenvalue weighted by molar-refractivity contribution is 6.32.